The minimum Gasteiger partial charge on any atom is -0.308 e. The summed E-state index contributed by atoms with van der Waals surface area (Å²) in [6.45, 7) is 14.0. The van der Waals surface area contributed by atoms with Crippen molar-refractivity contribution in [2.24, 2.45) is 0 Å². The molecule has 292 valence electrons. The molecule has 0 fully saturated rings. The number of anilines is 3. The minimum absolute atomic E-state index is 0.0377. The molecule has 61 heavy (non-hydrogen) atoms. The summed E-state index contributed by atoms with van der Waals surface area (Å²) in [5, 5.41) is 15.0. The first-order valence-corrected chi connectivity index (χ1v) is 21.6. The predicted molar refractivity (Wildman–Crippen MR) is 261 cm³/mol. The molecule has 13 rings (SSSR count). The number of benzene rings is 8. The van der Waals surface area contributed by atoms with Crippen LogP contribution in [-0.2, 0) is 10.8 Å². The summed E-state index contributed by atoms with van der Waals surface area (Å²) in [4.78, 5) is 8.08. The molecule has 0 aliphatic heterocycles. The van der Waals surface area contributed by atoms with Gasteiger partial charge in [0.15, 0.2) is 0 Å². The Morgan fingerprint density at radius 1 is 0.410 bits per heavy atom. The Bertz CT molecular complexity index is 3890. The number of hydrogen-bond acceptors (Lipinski definition) is 2. The lowest BCUT2D eigenvalue weighted by atomic mass is 9.84. The lowest BCUT2D eigenvalue weighted by Gasteiger charge is -2.28. The molecule has 0 saturated heterocycles. The predicted octanol–water partition coefficient (Wildman–Crippen LogP) is 15.8. The maximum absolute atomic E-state index is 5.62. The molecule has 5 aromatic heterocycles. The number of nitrogens with zero attached hydrogens (tertiary/aromatic N) is 4. The van der Waals surface area contributed by atoms with E-state index in [-0.39, 0.29) is 10.8 Å². The van der Waals surface area contributed by atoms with Crippen LogP contribution >= 0.6 is 0 Å². The third-order valence-corrected chi connectivity index (χ3v) is 13.6. The molecule has 13 aromatic rings. The van der Waals surface area contributed by atoms with Crippen molar-refractivity contribution in [3.63, 3.8) is 0 Å². The van der Waals surface area contributed by atoms with E-state index in [1.54, 1.807) is 0 Å². The third-order valence-electron chi connectivity index (χ3n) is 13.6. The second-order valence-electron chi connectivity index (χ2n) is 19.3. The van der Waals surface area contributed by atoms with Crippen LogP contribution in [0, 0.1) is 0 Å². The summed E-state index contributed by atoms with van der Waals surface area (Å²) >= 11 is 0. The van der Waals surface area contributed by atoms with Crippen molar-refractivity contribution >= 4 is 115 Å². The largest absolute Gasteiger partial charge is 0.308 e. The van der Waals surface area contributed by atoms with Crippen molar-refractivity contribution in [1.82, 2.24) is 13.8 Å². The number of hydrogen-bond donors (Lipinski definition) is 0. The van der Waals surface area contributed by atoms with Crippen LogP contribution in [0.2, 0.25) is 0 Å². The molecule has 0 aliphatic rings. The molecule has 0 bridgehead atoms. The van der Waals surface area contributed by atoms with E-state index in [1.807, 2.05) is 0 Å². The van der Waals surface area contributed by atoms with Crippen LogP contribution in [0.5, 0.6) is 0 Å². The molecule has 0 atom stereocenters. The van der Waals surface area contributed by atoms with Gasteiger partial charge in [-0.2, -0.15) is 0 Å². The number of para-hydroxylation sites is 2. The highest BCUT2D eigenvalue weighted by atomic mass is 15.2. The molecular weight excluding hydrogens is 741 g/mol. The zero-order chi connectivity index (χ0) is 41.1. The average molecular weight is 785 g/mol. The van der Waals surface area contributed by atoms with Gasteiger partial charge in [-0.25, -0.2) is 4.98 Å². The maximum Gasteiger partial charge on any atom is 0.146 e. The second-order valence-corrected chi connectivity index (χ2v) is 19.3. The van der Waals surface area contributed by atoms with E-state index < -0.39 is 0 Å². The van der Waals surface area contributed by atoms with Gasteiger partial charge in [-0.15, -0.1) is 0 Å². The van der Waals surface area contributed by atoms with Crippen LogP contribution < -0.4 is 4.90 Å². The Morgan fingerprint density at radius 3 is 1.64 bits per heavy atom. The lowest BCUT2D eigenvalue weighted by molar-refractivity contribution is 0.590. The van der Waals surface area contributed by atoms with E-state index in [2.05, 4.69) is 213 Å². The van der Waals surface area contributed by atoms with Crippen LogP contribution in [0.4, 0.5) is 17.1 Å². The average Bonchev–Trinajstić information content (AvgIpc) is 3.99. The van der Waals surface area contributed by atoms with Gasteiger partial charge in [0.25, 0.3) is 0 Å². The Kier molecular flexibility index (Phi) is 6.69. The van der Waals surface area contributed by atoms with E-state index in [0.29, 0.717) is 0 Å². The van der Waals surface area contributed by atoms with Gasteiger partial charge in [0.05, 0.1) is 39.5 Å². The minimum atomic E-state index is -0.0499. The van der Waals surface area contributed by atoms with Gasteiger partial charge < -0.3 is 9.30 Å². The first kappa shape index (κ1) is 34.7. The molecule has 0 spiro atoms. The van der Waals surface area contributed by atoms with Crippen LogP contribution in [0.3, 0.4) is 0 Å². The Balaban J connectivity index is 1.29. The van der Waals surface area contributed by atoms with Crippen molar-refractivity contribution in [3.8, 4) is 0 Å². The molecule has 0 saturated carbocycles. The van der Waals surface area contributed by atoms with Gasteiger partial charge in [-0.3, -0.25) is 4.40 Å². The Morgan fingerprint density at radius 2 is 0.967 bits per heavy atom. The van der Waals surface area contributed by atoms with Crippen molar-refractivity contribution in [2.45, 2.75) is 52.4 Å². The molecule has 4 heteroatoms. The highest BCUT2D eigenvalue weighted by Gasteiger charge is 2.31. The fraction of sp³-hybridized carbons (Fsp3) is 0.140. The van der Waals surface area contributed by atoms with E-state index in [9.17, 15) is 0 Å². The molecule has 0 aliphatic carbocycles. The van der Waals surface area contributed by atoms with Crippen molar-refractivity contribution in [3.05, 3.63) is 169 Å². The summed E-state index contributed by atoms with van der Waals surface area (Å²) in [6.07, 6.45) is 2.16. The summed E-state index contributed by atoms with van der Waals surface area (Å²) in [6, 6.07) is 56.5. The van der Waals surface area contributed by atoms with Crippen LogP contribution in [0.15, 0.2) is 158 Å². The van der Waals surface area contributed by atoms with Gasteiger partial charge in [-0.1, -0.05) is 133 Å². The quantitative estimate of drug-likeness (QED) is 0.178. The number of aromatic nitrogens is 3. The Labute approximate surface area is 353 Å². The zero-order valence-electron chi connectivity index (χ0n) is 35.3. The molecule has 4 nitrogen and oxygen atoms in total. The molecule has 0 N–H and O–H groups in total. The third kappa shape index (κ3) is 4.57. The van der Waals surface area contributed by atoms with E-state index in [0.717, 1.165) is 33.7 Å². The first-order chi connectivity index (χ1) is 29.6. The van der Waals surface area contributed by atoms with Crippen LogP contribution in [0.25, 0.3) is 97.9 Å². The molecule has 5 heterocycles. The summed E-state index contributed by atoms with van der Waals surface area (Å²) in [7, 11) is 0. The zero-order valence-corrected chi connectivity index (χ0v) is 35.3. The highest BCUT2D eigenvalue weighted by Crippen LogP contribution is 2.53. The SMILES string of the molecule is CC(C)(C)c1ccc2c(c1)c1cc(C(C)(C)C)cc3c4c5c6cc7ccccc7c7c8cc9ccccc9c(N(c9ccccc9)c9ccccc9)c8n(c5ncc4n2c13)c67. The van der Waals surface area contributed by atoms with Crippen molar-refractivity contribution in [1.29, 1.82) is 0 Å². The molecular formula is C57H44N4. The molecule has 8 aromatic carbocycles. The monoisotopic (exact) mass is 784 g/mol. The first-order valence-electron chi connectivity index (χ1n) is 21.6. The van der Waals surface area contributed by atoms with Crippen LogP contribution in [0.1, 0.15) is 52.7 Å². The second kappa shape index (κ2) is 11.8. The molecule has 0 amide bonds. The smallest absolute Gasteiger partial charge is 0.146 e. The highest BCUT2D eigenvalue weighted by molar-refractivity contribution is 6.39. The fourth-order valence-corrected chi connectivity index (χ4v) is 10.7. The molecule has 0 unspecified atom stereocenters. The van der Waals surface area contributed by atoms with E-state index in [1.165, 1.54) is 92.3 Å². The van der Waals surface area contributed by atoms with Gasteiger partial charge in [0.2, 0.25) is 0 Å². The van der Waals surface area contributed by atoms with Crippen molar-refractivity contribution in [2.75, 3.05) is 4.90 Å². The van der Waals surface area contributed by atoms with Gasteiger partial charge in [0, 0.05) is 59.9 Å². The lowest BCUT2D eigenvalue weighted by Crippen LogP contribution is -2.11. The van der Waals surface area contributed by atoms with Crippen LogP contribution in [-0.4, -0.2) is 13.8 Å². The standard InChI is InChI=1S/C57H44N4/c1-56(2,3)35-25-26-46-41(29-35)42-30-36(57(4,5)6)31-45-49-47(60(46)51(42)45)32-58-55-50(49)44-27-33-17-13-15-23-39(33)48-43-28-34-18-14-16-24-40(34)53(54(43)61(55)52(44)48)59(37-19-9-7-10-20-37)38-21-11-8-12-22-38/h7-32H,1-6H3. The Hall–Kier alpha value is -7.17. The number of fused-ring (bicyclic) bond motifs is 16. The normalized spacial score (nSPS) is 13.1. The maximum atomic E-state index is 5.62. The fourth-order valence-electron chi connectivity index (χ4n) is 10.7. The van der Waals surface area contributed by atoms with E-state index >= 15 is 0 Å². The van der Waals surface area contributed by atoms with Gasteiger partial charge >= 0.3 is 0 Å². The van der Waals surface area contributed by atoms with Gasteiger partial charge in [-0.05, 0) is 98.8 Å². The topological polar surface area (TPSA) is 24.9 Å². The van der Waals surface area contributed by atoms with E-state index in [4.69, 9.17) is 4.98 Å². The van der Waals surface area contributed by atoms with Gasteiger partial charge in [0.1, 0.15) is 5.65 Å². The summed E-state index contributed by atoms with van der Waals surface area (Å²) in [5.74, 6) is 0. The van der Waals surface area contributed by atoms with Crippen molar-refractivity contribution < 1.29 is 0 Å². The number of rotatable bonds is 3. The number of pyridine rings is 1. The summed E-state index contributed by atoms with van der Waals surface area (Å²) in [5.41, 5.74) is 13.1. The summed E-state index contributed by atoms with van der Waals surface area (Å²) < 4.78 is 5.03. The molecule has 0 radical (unpaired) electrons.